The number of thioether (sulfide) groups is 1. The molecule has 1 aromatic heterocycles. The predicted molar refractivity (Wildman–Crippen MR) is 98.1 cm³/mol. The summed E-state index contributed by atoms with van der Waals surface area (Å²) in [5, 5.41) is 20.0. The van der Waals surface area contributed by atoms with Crippen LogP contribution in [-0.4, -0.2) is 27.1 Å². The highest BCUT2D eigenvalue weighted by molar-refractivity contribution is 8.00. The van der Waals surface area contributed by atoms with Crippen LogP contribution in [0.4, 0.5) is 10.8 Å². The van der Waals surface area contributed by atoms with Gasteiger partial charge in [0.05, 0.1) is 4.92 Å². The van der Waals surface area contributed by atoms with Crippen LogP contribution >= 0.6 is 23.1 Å². The van der Waals surface area contributed by atoms with Gasteiger partial charge in [0.1, 0.15) is 0 Å². The zero-order valence-electron chi connectivity index (χ0n) is 14.0. The number of carbonyl (C=O) groups is 1. The molecule has 0 unspecified atom stereocenters. The van der Waals surface area contributed by atoms with Gasteiger partial charge in [0.15, 0.2) is 4.34 Å². The monoisotopic (exact) mass is 378 g/mol. The van der Waals surface area contributed by atoms with Crippen molar-refractivity contribution in [3.05, 3.63) is 39.4 Å². The molecule has 0 aliphatic heterocycles. The second kappa shape index (κ2) is 7.49. The summed E-state index contributed by atoms with van der Waals surface area (Å²) in [6.45, 7) is 3.60. The van der Waals surface area contributed by atoms with Gasteiger partial charge in [0.2, 0.25) is 11.0 Å². The van der Waals surface area contributed by atoms with E-state index < -0.39 is 0 Å². The molecule has 25 heavy (non-hydrogen) atoms. The second-order valence-corrected chi connectivity index (χ2v) is 7.98. The maximum absolute atomic E-state index is 12.1. The van der Waals surface area contributed by atoms with E-state index in [1.165, 1.54) is 29.2 Å². The molecule has 0 N–H and O–H groups in total. The van der Waals surface area contributed by atoms with Gasteiger partial charge in [-0.25, -0.2) is 0 Å². The molecule has 0 radical (unpaired) electrons. The Kier molecular flexibility index (Phi) is 5.33. The minimum Gasteiger partial charge on any atom is -0.284 e. The Balaban J connectivity index is 1.71. The summed E-state index contributed by atoms with van der Waals surface area (Å²) in [4.78, 5) is 24.6. The van der Waals surface area contributed by atoms with Gasteiger partial charge >= 0.3 is 0 Å². The number of amides is 1. The standard InChI is InChI=1S/C16H18N4O3S2/c1-3-14(21)19(12-7-8-12)15-17-18-16(25-15)24-9-11-5-4-6-13(10(11)2)20(22)23/h4-6,12H,3,7-9H2,1-2H3. The number of nitro benzene ring substituents is 1. The number of benzene rings is 1. The van der Waals surface area contributed by atoms with Crippen molar-refractivity contribution in [1.82, 2.24) is 10.2 Å². The summed E-state index contributed by atoms with van der Waals surface area (Å²) >= 11 is 2.88. The molecule has 0 spiro atoms. The molecule has 1 aliphatic carbocycles. The van der Waals surface area contributed by atoms with Gasteiger partial charge < -0.3 is 0 Å². The topological polar surface area (TPSA) is 89.2 Å². The van der Waals surface area contributed by atoms with Crippen LogP contribution in [0, 0.1) is 17.0 Å². The van der Waals surface area contributed by atoms with E-state index in [-0.39, 0.29) is 22.6 Å². The summed E-state index contributed by atoms with van der Waals surface area (Å²) in [6.07, 6.45) is 2.48. The maximum Gasteiger partial charge on any atom is 0.272 e. The van der Waals surface area contributed by atoms with Gasteiger partial charge in [-0.3, -0.25) is 19.8 Å². The van der Waals surface area contributed by atoms with Gasteiger partial charge in [-0.2, -0.15) is 0 Å². The Morgan fingerprint density at radius 3 is 2.84 bits per heavy atom. The minimum atomic E-state index is -0.365. The van der Waals surface area contributed by atoms with Crippen molar-refractivity contribution in [1.29, 1.82) is 0 Å². The van der Waals surface area contributed by atoms with Crippen molar-refractivity contribution in [2.45, 2.75) is 49.2 Å². The number of hydrogen-bond acceptors (Lipinski definition) is 7. The molecule has 1 fully saturated rings. The van der Waals surface area contributed by atoms with E-state index >= 15 is 0 Å². The van der Waals surface area contributed by atoms with E-state index in [1.54, 1.807) is 17.9 Å². The fourth-order valence-electron chi connectivity index (χ4n) is 2.49. The molecule has 0 bridgehead atoms. The Morgan fingerprint density at radius 1 is 1.44 bits per heavy atom. The Bertz CT molecular complexity index is 804. The number of nitrogens with zero attached hydrogens (tertiary/aromatic N) is 4. The summed E-state index contributed by atoms with van der Waals surface area (Å²) in [7, 11) is 0. The van der Waals surface area contributed by atoms with Crippen molar-refractivity contribution >= 4 is 39.8 Å². The highest BCUT2D eigenvalue weighted by Crippen LogP contribution is 2.37. The normalized spacial score (nSPS) is 13.7. The van der Waals surface area contributed by atoms with Crippen LogP contribution in [0.2, 0.25) is 0 Å². The van der Waals surface area contributed by atoms with Crippen LogP contribution in [-0.2, 0) is 10.5 Å². The molecule has 3 rings (SSSR count). The number of aromatic nitrogens is 2. The van der Waals surface area contributed by atoms with Crippen molar-refractivity contribution in [3.8, 4) is 0 Å². The molecule has 7 nitrogen and oxygen atoms in total. The van der Waals surface area contributed by atoms with E-state index in [2.05, 4.69) is 10.2 Å². The third-order valence-electron chi connectivity index (χ3n) is 4.05. The van der Waals surface area contributed by atoms with Crippen LogP contribution in [0.1, 0.15) is 37.3 Å². The molecular weight excluding hydrogens is 360 g/mol. The third-order valence-corrected chi connectivity index (χ3v) is 6.15. The molecule has 0 saturated heterocycles. The zero-order chi connectivity index (χ0) is 18.0. The molecule has 1 heterocycles. The first-order chi connectivity index (χ1) is 12.0. The SMILES string of the molecule is CCC(=O)N(c1nnc(SCc2cccc([N+](=O)[O-])c2C)s1)C1CC1. The number of anilines is 1. The minimum absolute atomic E-state index is 0.0738. The first-order valence-corrected chi connectivity index (χ1v) is 9.82. The van der Waals surface area contributed by atoms with Gasteiger partial charge in [-0.1, -0.05) is 42.2 Å². The molecule has 1 saturated carbocycles. The highest BCUT2D eigenvalue weighted by atomic mass is 32.2. The average molecular weight is 378 g/mol. The lowest BCUT2D eigenvalue weighted by atomic mass is 10.1. The predicted octanol–water partition coefficient (Wildman–Crippen LogP) is 3.95. The van der Waals surface area contributed by atoms with Crippen molar-refractivity contribution in [2.75, 3.05) is 4.90 Å². The molecule has 1 amide bonds. The van der Waals surface area contributed by atoms with Crippen LogP contribution in [0.15, 0.2) is 22.5 Å². The van der Waals surface area contributed by atoms with E-state index in [0.29, 0.717) is 22.9 Å². The fraction of sp³-hybridized carbons (Fsp3) is 0.438. The Labute approximate surface area is 153 Å². The highest BCUT2D eigenvalue weighted by Gasteiger charge is 2.35. The summed E-state index contributed by atoms with van der Waals surface area (Å²) in [6, 6.07) is 5.35. The molecule has 9 heteroatoms. The maximum atomic E-state index is 12.1. The first-order valence-electron chi connectivity index (χ1n) is 8.02. The van der Waals surface area contributed by atoms with Crippen molar-refractivity contribution < 1.29 is 9.72 Å². The molecule has 1 aromatic carbocycles. The van der Waals surface area contributed by atoms with Crippen LogP contribution in [0.3, 0.4) is 0 Å². The molecule has 0 atom stereocenters. The largest absolute Gasteiger partial charge is 0.284 e. The van der Waals surface area contributed by atoms with Crippen LogP contribution in [0.25, 0.3) is 0 Å². The molecule has 1 aliphatic rings. The van der Waals surface area contributed by atoms with E-state index in [4.69, 9.17) is 0 Å². The van der Waals surface area contributed by atoms with Gasteiger partial charge in [0, 0.05) is 29.8 Å². The number of hydrogen-bond donors (Lipinski definition) is 0. The lowest BCUT2D eigenvalue weighted by molar-refractivity contribution is -0.385. The quantitative estimate of drug-likeness (QED) is 0.314. The van der Waals surface area contributed by atoms with E-state index in [1.807, 2.05) is 13.0 Å². The lowest BCUT2D eigenvalue weighted by Gasteiger charge is -2.17. The smallest absolute Gasteiger partial charge is 0.272 e. The zero-order valence-corrected chi connectivity index (χ0v) is 15.6. The van der Waals surface area contributed by atoms with Crippen LogP contribution < -0.4 is 4.90 Å². The summed E-state index contributed by atoms with van der Waals surface area (Å²) in [5.41, 5.74) is 1.70. The van der Waals surface area contributed by atoms with E-state index in [9.17, 15) is 14.9 Å². The summed E-state index contributed by atoms with van der Waals surface area (Å²) < 4.78 is 0.760. The van der Waals surface area contributed by atoms with Gasteiger partial charge in [-0.05, 0) is 25.3 Å². The summed E-state index contributed by atoms with van der Waals surface area (Å²) in [5.74, 6) is 0.651. The fourth-order valence-corrected chi connectivity index (χ4v) is 4.49. The van der Waals surface area contributed by atoms with Gasteiger partial charge in [-0.15, -0.1) is 10.2 Å². The number of nitro groups is 1. The van der Waals surface area contributed by atoms with Gasteiger partial charge in [0.25, 0.3) is 5.69 Å². The Morgan fingerprint density at radius 2 is 2.20 bits per heavy atom. The van der Waals surface area contributed by atoms with Crippen molar-refractivity contribution in [2.24, 2.45) is 0 Å². The number of carbonyl (C=O) groups excluding carboxylic acids is 1. The third kappa shape index (κ3) is 3.98. The number of rotatable bonds is 7. The average Bonchev–Trinajstić information content (AvgIpc) is 3.31. The first kappa shape index (κ1) is 17.8. The second-order valence-electron chi connectivity index (χ2n) is 5.81. The molecular formula is C16H18N4O3S2. The lowest BCUT2D eigenvalue weighted by Crippen LogP contribution is -2.32. The molecule has 132 valence electrons. The van der Waals surface area contributed by atoms with E-state index in [0.717, 1.165) is 22.7 Å². The molecule has 2 aromatic rings. The van der Waals surface area contributed by atoms with Crippen LogP contribution in [0.5, 0.6) is 0 Å². The van der Waals surface area contributed by atoms with Crippen molar-refractivity contribution in [3.63, 3.8) is 0 Å². The Hall–Kier alpha value is -2.00.